The van der Waals surface area contributed by atoms with E-state index >= 15 is 0 Å². The number of likely N-dealkylation sites (N-methyl/N-ethyl adjacent to an activating group) is 1. The summed E-state index contributed by atoms with van der Waals surface area (Å²) in [5.41, 5.74) is 0. The number of phosphoric acid groups is 1. The lowest BCUT2D eigenvalue weighted by atomic mass is 10.0. The van der Waals surface area contributed by atoms with Gasteiger partial charge in [0, 0.05) is 5.92 Å². The average molecular weight is 440 g/mol. The molecule has 0 aromatic heterocycles. The minimum absolute atomic E-state index is 0.0576. The van der Waals surface area contributed by atoms with E-state index in [1.54, 1.807) is 0 Å². The molecule has 0 saturated heterocycles. The molecule has 0 aliphatic rings. The molecule has 0 saturated carbocycles. The molecular formula is C20H42NO7P. The van der Waals surface area contributed by atoms with Crippen molar-refractivity contribution in [3.05, 3.63) is 0 Å². The highest BCUT2D eigenvalue weighted by molar-refractivity contribution is 7.45. The number of hydrogen-bond acceptors (Lipinski definition) is 7. The van der Waals surface area contributed by atoms with Crippen molar-refractivity contribution in [1.82, 2.24) is 0 Å². The van der Waals surface area contributed by atoms with Crippen LogP contribution in [0.5, 0.6) is 0 Å². The van der Waals surface area contributed by atoms with Gasteiger partial charge in [0.05, 0.1) is 41.5 Å². The third-order valence-electron chi connectivity index (χ3n) is 4.55. The van der Waals surface area contributed by atoms with Crippen molar-refractivity contribution >= 4 is 14.0 Å². The summed E-state index contributed by atoms with van der Waals surface area (Å²) in [6.45, 7) is 2.79. The van der Waals surface area contributed by atoms with Gasteiger partial charge in [-0.15, -0.1) is 0 Å². The van der Waals surface area contributed by atoms with Gasteiger partial charge in [-0.2, -0.15) is 0 Å². The van der Waals surface area contributed by atoms with Crippen molar-refractivity contribution in [2.45, 2.75) is 64.7 Å². The zero-order valence-electron chi connectivity index (χ0n) is 19.0. The molecule has 0 aromatic carbocycles. The average Bonchev–Trinajstić information content (AvgIpc) is 2.63. The summed E-state index contributed by atoms with van der Waals surface area (Å²) < 4.78 is 32.0. The van der Waals surface area contributed by atoms with Crippen LogP contribution in [0, 0.1) is 5.92 Å². The summed E-state index contributed by atoms with van der Waals surface area (Å²) in [5, 5.41) is 0. The molecule has 0 fully saturated rings. The summed E-state index contributed by atoms with van der Waals surface area (Å²) in [6.07, 6.45) is 9.37. The quantitative estimate of drug-likeness (QED) is 0.137. The van der Waals surface area contributed by atoms with Crippen molar-refractivity contribution in [2.75, 3.05) is 54.6 Å². The summed E-state index contributed by atoms with van der Waals surface area (Å²) in [4.78, 5) is 23.2. The smallest absolute Gasteiger partial charge is 0.507 e. The lowest BCUT2D eigenvalue weighted by Gasteiger charge is -2.28. The van der Waals surface area contributed by atoms with Crippen LogP contribution in [0.3, 0.4) is 0 Å². The van der Waals surface area contributed by atoms with Gasteiger partial charge in [-0.1, -0.05) is 58.3 Å². The van der Waals surface area contributed by atoms with E-state index in [0.717, 1.165) is 19.3 Å². The van der Waals surface area contributed by atoms with Gasteiger partial charge in [-0.25, -0.2) is 4.79 Å². The second-order valence-corrected chi connectivity index (χ2v) is 9.90. The van der Waals surface area contributed by atoms with E-state index in [1.807, 2.05) is 21.1 Å². The van der Waals surface area contributed by atoms with Crippen LogP contribution in [0.15, 0.2) is 0 Å². The maximum absolute atomic E-state index is 12.0. The Hall–Kier alpha value is -0.660. The Kier molecular flexibility index (Phi) is 15.7. The van der Waals surface area contributed by atoms with Crippen molar-refractivity contribution in [3.63, 3.8) is 0 Å². The lowest BCUT2D eigenvalue weighted by Crippen LogP contribution is -2.37. The van der Waals surface area contributed by atoms with E-state index in [9.17, 15) is 14.3 Å². The first-order chi connectivity index (χ1) is 13.6. The first-order valence-electron chi connectivity index (χ1n) is 10.7. The molecule has 2 unspecified atom stereocenters. The van der Waals surface area contributed by atoms with Crippen LogP contribution in [-0.2, 0) is 23.1 Å². The van der Waals surface area contributed by atoms with Gasteiger partial charge < -0.3 is 27.9 Å². The highest BCUT2D eigenvalue weighted by atomic mass is 31.2. The van der Waals surface area contributed by atoms with Gasteiger partial charge >= 0.3 is 6.16 Å². The van der Waals surface area contributed by atoms with E-state index in [1.165, 1.54) is 39.2 Å². The molecule has 0 rings (SSSR count). The zero-order chi connectivity index (χ0) is 22.2. The van der Waals surface area contributed by atoms with E-state index in [0.29, 0.717) is 17.4 Å². The van der Waals surface area contributed by atoms with Crippen LogP contribution in [0.2, 0.25) is 0 Å². The number of quaternary nitrogens is 1. The Balaban J connectivity index is 4.27. The second kappa shape index (κ2) is 16.1. The monoisotopic (exact) mass is 439 g/mol. The summed E-state index contributed by atoms with van der Waals surface area (Å²) in [7, 11) is 2.70. The Bertz CT molecular complexity index is 468. The summed E-state index contributed by atoms with van der Waals surface area (Å²) >= 11 is 0. The molecule has 0 N–H and O–H groups in total. The Labute approximate surface area is 177 Å². The molecular weight excluding hydrogens is 397 g/mol. The fraction of sp³-hybridized carbons (Fsp3) is 0.950. The number of carbonyl (C=O) groups excluding carboxylic acids is 1. The lowest BCUT2D eigenvalue weighted by molar-refractivity contribution is -0.870. The molecule has 0 aromatic rings. The Morgan fingerprint density at radius 3 is 2.10 bits per heavy atom. The molecule has 0 radical (unpaired) electrons. The standard InChI is InChI=1S/C20H42NO7P/c1-6-7-8-9-10-11-12-13-14-19(17-26-20(22)25-5)18-28-29(23,24)27-16-15-21(2,3)4/h19H,6-18H2,1-5H3. The highest BCUT2D eigenvalue weighted by Gasteiger charge is 2.18. The van der Waals surface area contributed by atoms with Gasteiger partial charge in [-0.05, 0) is 6.42 Å². The van der Waals surface area contributed by atoms with Crippen LogP contribution in [-0.4, -0.2) is 65.3 Å². The van der Waals surface area contributed by atoms with Crippen LogP contribution in [0.25, 0.3) is 0 Å². The third kappa shape index (κ3) is 19.1. The van der Waals surface area contributed by atoms with Gasteiger partial charge in [0.2, 0.25) is 0 Å². The number of carbonyl (C=O) groups is 1. The predicted molar refractivity (Wildman–Crippen MR) is 111 cm³/mol. The molecule has 0 amide bonds. The SMILES string of the molecule is CCCCCCCCCCC(COC(=O)OC)COP(=O)([O-])OCC[N+](C)(C)C. The molecule has 29 heavy (non-hydrogen) atoms. The fourth-order valence-electron chi connectivity index (χ4n) is 2.69. The van der Waals surface area contributed by atoms with E-state index in [2.05, 4.69) is 11.7 Å². The Morgan fingerprint density at radius 1 is 0.966 bits per heavy atom. The van der Waals surface area contributed by atoms with Crippen LogP contribution in [0.1, 0.15) is 64.7 Å². The van der Waals surface area contributed by atoms with Gasteiger partial charge in [0.1, 0.15) is 13.2 Å². The number of nitrogens with zero attached hydrogens (tertiary/aromatic N) is 1. The number of methoxy groups -OCH3 is 1. The highest BCUT2D eigenvalue weighted by Crippen LogP contribution is 2.39. The summed E-state index contributed by atoms with van der Waals surface area (Å²) in [6, 6.07) is 0. The fourth-order valence-corrected chi connectivity index (χ4v) is 3.46. The number of phosphoric ester groups is 1. The van der Waals surface area contributed by atoms with Crippen molar-refractivity contribution in [3.8, 4) is 0 Å². The molecule has 0 spiro atoms. The molecule has 0 bridgehead atoms. The third-order valence-corrected chi connectivity index (χ3v) is 5.51. The molecule has 0 aliphatic heterocycles. The number of unbranched alkanes of at least 4 members (excludes halogenated alkanes) is 7. The summed E-state index contributed by atoms with van der Waals surface area (Å²) in [5.74, 6) is -0.224. The minimum Gasteiger partial charge on any atom is -0.756 e. The number of hydrogen-bond donors (Lipinski definition) is 0. The molecule has 8 nitrogen and oxygen atoms in total. The molecule has 2 atom stereocenters. The maximum atomic E-state index is 12.0. The molecule has 174 valence electrons. The minimum atomic E-state index is -4.38. The van der Waals surface area contributed by atoms with Crippen LogP contribution in [0.4, 0.5) is 4.79 Å². The van der Waals surface area contributed by atoms with Crippen LogP contribution < -0.4 is 4.89 Å². The molecule has 0 aliphatic carbocycles. The van der Waals surface area contributed by atoms with Crippen molar-refractivity contribution in [1.29, 1.82) is 0 Å². The van der Waals surface area contributed by atoms with Crippen molar-refractivity contribution < 1.29 is 37.3 Å². The largest absolute Gasteiger partial charge is 0.756 e. The first-order valence-corrected chi connectivity index (χ1v) is 12.2. The molecule has 9 heteroatoms. The van der Waals surface area contributed by atoms with Gasteiger partial charge in [0.15, 0.2) is 0 Å². The van der Waals surface area contributed by atoms with Crippen molar-refractivity contribution in [2.24, 2.45) is 5.92 Å². The maximum Gasteiger partial charge on any atom is 0.507 e. The van der Waals surface area contributed by atoms with Crippen LogP contribution >= 0.6 is 7.82 Å². The topological polar surface area (TPSA) is 94.1 Å². The second-order valence-electron chi connectivity index (χ2n) is 8.48. The van der Waals surface area contributed by atoms with E-state index < -0.39 is 14.0 Å². The first kappa shape index (κ1) is 28.3. The van der Waals surface area contributed by atoms with E-state index in [-0.39, 0.29) is 25.7 Å². The molecule has 0 heterocycles. The number of ether oxygens (including phenoxy) is 2. The number of rotatable bonds is 18. The van der Waals surface area contributed by atoms with Gasteiger partial charge in [-0.3, -0.25) is 4.57 Å². The Morgan fingerprint density at radius 2 is 1.55 bits per heavy atom. The predicted octanol–water partition coefficient (Wildman–Crippen LogP) is 4.12. The van der Waals surface area contributed by atoms with E-state index in [4.69, 9.17) is 13.8 Å². The van der Waals surface area contributed by atoms with Gasteiger partial charge in [0.25, 0.3) is 7.82 Å². The normalized spacial score (nSPS) is 15.0. The zero-order valence-corrected chi connectivity index (χ0v) is 19.9.